The van der Waals surface area contributed by atoms with Gasteiger partial charge in [0.25, 0.3) is 0 Å². The number of rotatable bonds is 5. The van der Waals surface area contributed by atoms with E-state index >= 15 is 0 Å². The summed E-state index contributed by atoms with van der Waals surface area (Å²) in [5, 5.41) is 9.20. The SMILES string of the molecule is CN(C)CCc1ncc(C2CC2)cc1C(=O)O. The average molecular weight is 234 g/mol. The van der Waals surface area contributed by atoms with Gasteiger partial charge in [0.05, 0.1) is 11.3 Å². The molecule has 4 heteroatoms. The summed E-state index contributed by atoms with van der Waals surface area (Å²) >= 11 is 0. The molecule has 0 saturated heterocycles. The fraction of sp³-hybridized carbons (Fsp3) is 0.538. The average Bonchev–Trinajstić information content (AvgIpc) is 3.09. The van der Waals surface area contributed by atoms with Crippen LogP contribution >= 0.6 is 0 Å². The van der Waals surface area contributed by atoms with Crippen LogP contribution in [0.15, 0.2) is 12.3 Å². The lowest BCUT2D eigenvalue weighted by Crippen LogP contribution is -2.17. The Morgan fingerprint density at radius 1 is 1.53 bits per heavy atom. The van der Waals surface area contributed by atoms with Crippen molar-refractivity contribution in [3.8, 4) is 0 Å². The fourth-order valence-electron chi connectivity index (χ4n) is 1.86. The van der Waals surface area contributed by atoms with Crippen molar-refractivity contribution in [1.82, 2.24) is 9.88 Å². The van der Waals surface area contributed by atoms with Crippen LogP contribution in [0.5, 0.6) is 0 Å². The first-order valence-electron chi connectivity index (χ1n) is 5.94. The number of carboxylic acids is 1. The second-order valence-electron chi connectivity index (χ2n) is 4.90. The summed E-state index contributed by atoms with van der Waals surface area (Å²) < 4.78 is 0. The highest BCUT2D eigenvalue weighted by Gasteiger charge is 2.25. The Hall–Kier alpha value is -1.42. The van der Waals surface area contributed by atoms with E-state index in [9.17, 15) is 9.90 Å². The van der Waals surface area contributed by atoms with Crippen molar-refractivity contribution in [2.45, 2.75) is 25.2 Å². The lowest BCUT2D eigenvalue weighted by molar-refractivity contribution is 0.0695. The molecule has 0 bridgehead atoms. The minimum atomic E-state index is -0.867. The number of nitrogens with zero attached hydrogens (tertiary/aromatic N) is 2. The number of likely N-dealkylation sites (N-methyl/N-ethyl adjacent to an activating group) is 1. The summed E-state index contributed by atoms with van der Waals surface area (Å²) in [4.78, 5) is 17.6. The van der Waals surface area contributed by atoms with E-state index in [-0.39, 0.29) is 0 Å². The molecule has 0 spiro atoms. The quantitative estimate of drug-likeness (QED) is 0.843. The zero-order chi connectivity index (χ0) is 12.4. The lowest BCUT2D eigenvalue weighted by atomic mass is 10.1. The van der Waals surface area contributed by atoms with Crippen LogP contribution in [0.1, 0.15) is 40.4 Å². The van der Waals surface area contributed by atoms with Gasteiger partial charge in [-0.3, -0.25) is 4.98 Å². The molecule has 1 N–H and O–H groups in total. The number of hydrogen-bond donors (Lipinski definition) is 1. The number of aromatic nitrogens is 1. The van der Waals surface area contributed by atoms with Crippen molar-refractivity contribution in [2.75, 3.05) is 20.6 Å². The van der Waals surface area contributed by atoms with Gasteiger partial charge in [0.15, 0.2) is 0 Å². The molecule has 0 aliphatic heterocycles. The molecule has 1 heterocycles. The molecule has 1 aromatic heterocycles. The molecule has 0 atom stereocenters. The second-order valence-corrected chi connectivity index (χ2v) is 4.90. The van der Waals surface area contributed by atoms with Gasteiger partial charge in [0, 0.05) is 19.2 Å². The zero-order valence-corrected chi connectivity index (χ0v) is 10.3. The van der Waals surface area contributed by atoms with Crippen molar-refractivity contribution in [2.24, 2.45) is 0 Å². The topological polar surface area (TPSA) is 53.4 Å². The summed E-state index contributed by atoms with van der Waals surface area (Å²) in [7, 11) is 3.94. The van der Waals surface area contributed by atoms with E-state index in [1.165, 1.54) is 0 Å². The van der Waals surface area contributed by atoms with Gasteiger partial charge < -0.3 is 10.0 Å². The molecular weight excluding hydrogens is 216 g/mol. The first-order valence-corrected chi connectivity index (χ1v) is 5.94. The Labute approximate surface area is 101 Å². The molecule has 1 fully saturated rings. The minimum absolute atomic E-state index is 0.372. The van der Waals surface area contributed by atoms with Crippen LogP contribution in [0.3, 0.4) is 0 Å². The van der Waals surface area contributed by atoms with E-state index in [1.807, 2.05) is 25.2 Å². The summed E-state index contributed by atoms with van der Waals surface area (Å²) in [6.07, 6.45) is 4.85. The van der Waals surface area contributed by atoms with Gasteiger partial charge in [0.2, 0.25) is 0 Å². The molecule has 0 radical (unpaired) electrons. The van der Waals surface area contributed by atoms with Gasteiger partial charge in [-0.25, -0.2) is 4.79 Å². The van der Waals surface area contributed by atoms with Gasteiger partial charge in [0.1, 0.15) is 0 Å². The normalized spacial score (nSPS) is 15.2. The van der Waals surface area contributed by atoms with Crippen LogP contribution in [0.2, 0.25) is 0 Å². The molecule has 0 amide bonds. The van der Waals surface area contributed by atoms with Crippen molar-refractivity contribution in [3.63, 3.8) is 0 Å². The summed E-state index contributed by atoms with van der Waals surface area (Å²) in [5.41, 5.74) is 2.14. The molecule has 17 heavy (non-hydrogen) atoms. The third kappa shape index (κ3) is 3.03. The second kappa shape index (κ2) is 4.84. The Morgan fingerprint density at radius 3 is 2.76 bits per heavy atom. The Kier molecular flexibility index (Phi) is 3.43. The highest BCUT2D eigenvalue weighted by Crippen LogP contribution is 2.40. The van der Waals surface area contributed by atoms with Crippen molar-refractivity contribution in [1.29, 1.82) is 0 Å². The molecule has 4 nitrogen and oxygen atoms in total. The maximum atomic E-state index is 11.2. The minimum Gasteiger partial charge on any atom is -0.478 e. The first kappa shape index (κ1) is 12.0. The van der Waals surface area contributed by atoms with E-state index in [0.717, 1.165) is 24.9 Å². The standard InChI is InChI=1S/C13H18N2O2/c1-15(2)6-5-12-11(13(16)17)7-10(8-14-12)9-3-4-9/h7-9H,3-6H2,1-2H3,(H,16,17). The molecule has 1 aliphatic rings. The smallest absolute Gasteiger partial charge is 0.337 e. The molecule has 1 saturated carbocycles. The van der Waals surface area contributed by atoms with Gasteiger partial charge in [-0.1, -0.05) is 0 Å². The van der Waals surface area contributed by atoms with E-state index < -0.39 is 5.97 Å². The number of aromatic carboxylic acids is 1. The van der Waals surface area contributed by atoms with Crippen LogP contribution < -0.4 is 0 Å². The molecule has 0 aromatic carbocycles. The van der Waals surface area contributed by atoms with Gasteiger partial charge in [-0.2, -0.15) is 0 Å². The van der Waals surface area contributed by atoms with Crippen LogP contribution in [-0.2, 0) is 6.42 Å². The Bertz CT molecular complexity index is 425. The number of carbonyl (C=O) groups is 1. The van der Waals surface area contributed by atoms with Crippen molar-refractivity contribution in [3.05, 3.63) is 29.1 Å². The number of carboxylic acid groups (broad SMARTS) is 1. The monoisotopic (exact) mass is 234 g/mol. The van der Waals surface area contributed by atoms with Crippen LogP contribution in [0.4, 0.5) is 0 Å². The van der Waals surface area contributed by atoms with Crippen LogP contribution in [0.25, 0.3) is 0 Å². The zero-order valence-electron chi connectivity index (χ0n) is 10.3. The van der Waals surface area contributed by atoms with Gasteiger partial charge in [-0.15, -0.1) is 0 Å². The maximum absolute atomic E-state index is 11.2. The number of pyridine rings is 1. The van der Waals surface area contributed by atoms with Crippen molar-refractivity contribution >= 4 is 5.97 Å². The van der Waals surface area contributed by atoms with Crippen LogP contribution in [0, 0.1) is 0 Å². The lowest BCUT2D eigenvalue weighted by Gasteiger charge is -2.11. The molecule has 2 rings (SSSR count). The summed E-state index contributed by atoms with van der Waals surface area (Å²) in [5.74, 6) is -0.322. The highest BCUT2D eigenvalue weighted by atomic mass is 16.4. The molecule has 1 aromatic rings. The van der Waals surface area contributed by atoms with E-state index in [2.05, 4.69) is 4.98 Å². The molecule has 0 unspecified atom stereocenters. The third-order valence-corrected chi connectivity index (χ3v) is 3.07. The molecule has 92 valence electrons. The first-order chi connectivity index (χ1) is 8.08. The Morgan fingerprint density at radius 2 is 2.24 bits per heavy atom. The summed E-state index contributed by atoms with van der Waals surface area (Å²) in [6.45, 7) is 0.816. The largest absolute Gasteiger partial charge is 0.478 e. The van der Waals surface area contributed by atoms with E-state index in [4.69, 9.17) is 0 Å². The number of hydrogen-bond acceptors (Lipinski definition) is 3. The van der Waals surface area contributed by atoms with E-state index in [1.54, 1.807) is 6.07 Å². The predicted molar refractivity (Wildman–Crippen MR) is 65.4 cm³/mol. The van der Waals surface area contributed by atoms with Gasteiger partial charge >= 0.3 is 5.97 Å². The van der Waals surface area contributed by atoms with Gasteiger partial charge in [-0.05, 0) is 44.5 Å². The third-order valence-electron chi connectivity index (χ3n) is 3.07. The van der Waals surface area contributed by atoms with Crippen LogP contribution in [-0.4, -0.2) is 41.6 Å². The van der Waals surface area contributed by atoms with Crippen molar-refractivity contribution < 1.29 is 9.90 Å². The fourth-order valence-corrected chi connectivity index (χ4v) is 1.86. The summed E-state index contributed by atoms with van der Waals surface area (Å²) in [6, 6.07) is 1.80. The molecular formula is C13H18N2O2. The molecule has 1 aliphatic carbocycles. The predicted octanol–water partition coefficient (Wildman–Crippen LogP) is 1.76. The Balaban J connectivity index is 2.21. The van der Waals surface area contributed by atoms with E-state index in [0.29, 0.717) is 23.6 Å². The maximum Gasteiger partial charge on any atom is 0.337 e. The highest BCUT2D eigenvalue weighted by molar-refractivity contribution is 5.89.